The van der Waals surface area contributed by atoms with E-state index in [1.807, 2.05) is 24.3 Å². The molecule has 0 spiro atoms. The summed E-state index contributed by atoms with van der Waals surface area (Å²) in [5.41, 5.74) is 2.23. The van der Waals surface area contributed by atoms with Crippen molar-refractivity contribution in [1.29, 1.82) is 0 Å². The van der Waals surface area contributed by atoms with Gasteiger partial charge in [0, 0.05) is 43.5 Å². The van der Waals surface area contributed by atoms with E-state index in [1.54, 1.807) is 25.2 Å². The van der Waals surface area contributed by atoms with Crippen molar-refractivity contribution in [3.63, 3.8) is 0 Å². The lowest BCUT2D eigenvalue weighted by molar-refractivity contribution is 0.0784. The highest BCUT2D eigenvalue weighted by Crippen LogP contribution is 2.17. The Morgan fingerprint density at radius 2 is 1.61 bits per heavy atom. The summed E-state index contributed by atoms with van der Waals surface area (Å²) >= 11 is 0. The van der Waals surface area contributed by atoms with Crippen LogP contribution in [0.1, 0.15) is 29.8 Å². The number of hydrogen-bond acceptors (Lipinski definition) is 2. The zero-order chi connectivity index (χ0) is 16.8. The predicted octanol–water partition coefficient (Wildman–Crippen LogP) is 3.94. The minimum atomic E-state index is -0.288. The Hall–Kier alpha value is -2.36. The molecule has 0 heterocycles. The van der Waals surface area contributed by atoms with E-state index in [0.717, 1.165) is 18.8 Å². The van der Waals surface area contributed by atoms with Crippen LogP contribution in [0.25, 0.3) is 0 Å². The monoisotopic (exact) mass is 314 g/mol. The lowest BCUT2D eigenvalue weighted by Gasteiger charge is -2.22. The summed E-state index contributed by atoms with van der Waals surface area (Å²) in [7, 11) is 1.69. The van der Waals surface area contributed by atoms with E-state index < -0.39 is 0 Å². The molecule has 4 heteroatoms. The first kappa shape index (κ1) is 17.0. The van der Waals surface area contributed by atoms with Crippen molar-refractivity contribution in [2.24, 2.45) is 0 Å². The lowest BCUT2D eigenvalue weighted by Crippen LogP contribution is -2.27. The summed E-state index contributed by atoms with van der Waals surface area (Å²) in [6.45, 7) is 6.31. The highest BCUT2D eigenvalue weighted by Gasteiger charge is 2.14. The van der Waals surface area contributed by atoms with Crippen molar-refractivity contribution >= 4 is 11.6 Å². The van der Waals surface area contributed by atoms with Gasteiger partial charge in [0.1, 0.15) is 5.82 Å². The third-order valence-electron chi connectivity index (χ3n) is 3.95. The van der Waals surface area contributed by atoms with Crippen LogP contribution in [-0.4, -0.2) is 30.9 Å². The maximum Gasteiger partial charge on any atom is 0.253 e. The van der Waals surface area contributed by atoms with Gasteiger partial charge in [-0.25, -0.2) is 4.39 Å². The molecule has 0 radical (unpaired) electrons. The van der Waals surface area contributed by atoms with Crippen molar-refractivity contribution in [2.75, 3.05) is 25.0 Å². The van der Waals surface area contributed by atoms with Crippen LogP contribution < -0.4 is 4.90 Å². The Labute approximate surface area is 137 Å². The van der Waals surface area contributed by atoms with Crippen LogP contribution in [0, 0.1) is 5.82 Å². The maximum atomic E-state index is 13.7. The predicted molar refractivity (Wildman–Crippen MR) is 92.2 cm³/mol. The minimum absolute atomic E-state index is 0.112. The molecular formula is C19H23FN2O. The van der Waals surface area contributed by atoms with Crippen molar-refractivity contribution < 1.29 is 9.18 Å². The molecule has 2 rings (SSSR count). The summed E-state index contributed by atoms with van der Waals surface area (Å²) in [5.74, 6) is -0.400. The lowest BCUT2D eigenvalue weighted by atomic mass is 10.1. The zero-order valence-electron chi connectivity index (χ0n) is 13.9. The van der Waals surface area contributed by atoms with E-state index >= 15 is 0 Å². The molecule has 0 aliphatic heterocycles. The number of nitrogens with zero attached hydrogens (tertiary/aromatic N) is 2. The van der Waals surface area contributed by atoms with E-state index in [-0.39, 0.29) is 18.3 Å². The molecule has 0 aromatic heterocycles. The first-order valence-corrected chi connectivity index (χ1v) is 7.90. The first-order chi connectivity index (χ1) is 11.1. The van der Waals surface area contributed by atoms with Crippen molar-refractivity contribution in [2.45, 2.75) is 20.4 Å². The van der Waals surface area contributed by atoms with Gasteiger partial charge in [0.05, 0.1) is 0 Å². The molecule has 0 saturated heterocycles. The maximum absolute atomic E-state index is 13.7. The topological polar surface area (TPSA) is 23.6 Å². The first-order valence-electron chi connectivity index (χ1n) is 7.90. The number of rotatable bonds is 6. The molecule has 23 heavy (non-hydrogen) atoms. The van der Waals surface area contributed by atoms with Gasteiger partial charge in [-0.3, -0.25) is 4.79 Å². The standard InChI is InChI=1S/C19H23FN2O/c1-4-22(5-2)17-12-10-15(11-13-17)19(23)21(3)14-16-8-6-7-9-18(16)20/h6-13H,4-5,14H2,1-3H3. The highest BCUT2D eigenvalue weighted by atomic mass is 19.1. The average molecular weight is 314 g/mol. The summed E-state index contributed by atoms with van der Waals surface area (Å²) in [5, 5.41) is 0. The van der Waals surface area contributed by atoms with Crippen LogP contribution >= 0.6 is 0 Å². The molecule has 2 aromatic carbocycles. The van der Waals surface area contributed by atoms with Gasteiger partial charge in [-0.2, -0.15) is 0 Å². The SMILES string of the molecule is CCN(CC)c1ccc(C(=O)N(C)Cc2ccccc2F)cc1. The quantitative estimate of drug-likeness (QED) is 0.806. The Morgan fingerprint density at radius 3 is 2.17 bits per heavy atom. The summed E-state index contributed by atoms with van der Waals surface area (Å²) < 4.78 is 13.7. The normalized spacial score (nSPS) is 10.4. The number of benzene rings is 2. The van der Waals surface area contributed by atoms with Gasteiger partial charge in [-0.15, -0.1) is 0 Å². The molecule has 0 atom stereocenters. The fourth-order valence-electron chi connectivity index (χ4n) is 2.58. The van der Waals surface area contributed by atoms with Gasteiger partial charge in [0.25, 0.3) is 5.91 Å². The van der Waals surface area contributed by atoms with Crippen molar-refractivity contribution in [3.8, 4) is 0 Å². The van der Waals surface area contributed by atoms with E-state index in [4.69, 9.17) is 0 Å². The van der Waals surface area contributed by atoms with Gasteiger partial charge in [0.15, 0.2) is 0 Å². The van der Waals surface area contributed by atoms with E-state index in [1.165, 1.54) is 11.0 Å². The van der Waals surface area contributed by atoms with E-state index in [9.17, 15) is 9.18 Å². The van der Waals surface area contributed by atoms with Crippen LogP contribution in [-0.2, 0) is 6.54 Å². The third-order valence-corrected chi connectivity index (χ3v) is 3.95. The molecule has 0 unspecified atom stereocenters. The second-order valence-corrected chi connectivity index (χ2v) is 5.47. The van der Waals surface area contributed by atoms with E-state index in [2.05, 4.69) is 18.7 Å². The fraction of sp³-hybridized carbons (Fsp3) is 0.316. The minimum Gasteiger partial charge on any atom is -0.372 e. The number of carbonyl (C=O) groups is 1. The van der Waals surface area contributed by atoms with Crippen molar-refractivity contribution in [3.05, 3.63) is 65.5 Å². The molecule has 0 aliphatic rings. The Bertz CT molecular complexity index is 651. The van der Waals surface area contributed by atoms with Gasteiger partial charge in [-0.1, -0.05) is 18.2 Å². The van der Waals surface area contributed by atoms with Crippen LogP contribution in [0.15, 0.2) is 48.5 Å². The molecule has 3 nitrogen and oxygen atoms in total. The van der Waals surface area contributed by atoms with Crippen LogP contribution in [0.4, 0.5) is 10.1 Å². The molecule has 2 aromatic rings. The molecule has 0 fully saturated rings. The van der Waals surface area contributed by atoms with Crippen LogP contribution in [0.5, 0.6) is 0 Å². The smallest absolute Gasteiger partial charge is 0.253 e. The number of amides is 1. The van der Waals surface area contributed by atoms with Gasteiger partial charge >= 0.3 is 0 Å². The summed E-state index contributed by atoms with van der Waals surface area (Å²) in [6.07, 6.45) is 0. The van der Waals surface area contributed by atoms with Gasteiger partial charge in [0.2, 0.25) is 0 Å². The second-order valence-electron chi connectivity index (χ2n) is 5.47. The second kappa shape index (κ2) is 7.77. The average Bonchev–Trinajstić information content (AvgIpc) is 2.58. The number of halogens is 1. The molecular weight excluding hydrogens is 291 g/mol. The van der Waals surface area contributed by atoms with E-state index in [0.29, 0.717) is 11.1 Å². The molecule has 0 aliphatic carbocycles. The Kier molecular flexibility index (Phi) is 5.74. The Morgan fingerprint density at radius 1 is 1.00 bits per heavy atom. The van der Waals surface area contributed by atoms with Crippen LogP contribution in [0.3, 0.4) is 0 Å². The van der Waals surface area contributed by atoms with Gasteiger partial charge in [-0.05, 0) is 44.2 Å². The zero-order valence-corrected chi connectivity index (χ0v) is 13.9. The molecule has 0 N–H and O–H groups in total. The molecule has 0 bridgehead atoms. The number of anilines is 1. The fourth-order valence-corrected chi connectivity index (χ4v) is 2.58. The Balaban J connectivity index is 2.09. The van der Waals surface area contributed by atoms with Crippen molar-refractivity contribution in [1.82, 2.24) is 4.90 Å². The largest absolute Gasteiger partial charge is 0.372 e. The molecule has 122 valence electrons. The highest BCUT2D eigenvalue weighted by molar-refractivity contribution is 5.94. The number of carbonyl (C=O) groups excluding carboxylic acids is 1. The third kappa shape index (κ3) is 4.09. The van der Waals surface area contributed by atoms with Gasteiger partial charge < -0.3 is 9.80 Å². The molecule has 1 amide bonds. The number of hydrogen-bond donors (Lipinski definition) is 0. The molecule has 0 saturated carbocycles. The van der Waals surface area contributed by atoms with Crippen LogP contribution in [0.2, 0.25) is 0 Å². The summed E-state index contributed by atoms with van der Waals surface area (Å²) in [6, 6.07) is 14.1. The summed E-state index contributed by atoms with van der Waals surface area (Å²) in [4.78, 5) is 16.2.